The van der Waals surface area contributed by atoms with E-state index in [4.69, 9.17) is 0 Å². The summed E-state index contributed by atoms with van der Waals surface area (Å²) in [5.74, 6) is 0.528. The van der Waals surface area contributed by atoms with Crippen LogP contribution >= 0.6 is 0 Å². The Balaban J connectivity index is 4.37. The van der Waals surface area contributed by atoms with Crippen LogP contribution in [0.15, 0.2) is 0 Å². The summed E-state index contributed by atoms with van der Waals surface area (Å²) in [4.78, 5) is 25.5. The molecule has 0 aromatic heterocycles. The minimum Gasteiger partial charge on any atom is -0.354 e. The molecule has 0 radical (unpaired) electrons. The molecule has 0 spiro atoms. The second kappa shape index (κ2) is 9.61. The first-order valence-electron chi connectivity index (χ1n) is 7.57. The van der Waals surface area contributed by atoms with Gasteiger partial charge in [-0.3, -0.25) is 4.79 Å². The molecule has 0 bridgehead atoms. The number of amides is 3. The van der Waals surface area contributed by atoms with E-state index in [0.717, 1.165) is 6.42 Å². The predicted octanol–water partition coefficient (Wildman–Crippen LogP) is 2.37. The molecule has 118 valence electrons. The van der Waals surface area contributed by atoms with Crippen LogP contribution in [0.1, 0.15) is 54.4 Å². The summed E-state index contributed by atoms with van der Waals surface area (Å²) in [7, 11) is 0. The van der Waals surface area contributed by atoms with E-state index >= 15 is 0 Å². The number of urea groups is 1. The third kappa shape index (κ3) is 9.64. The zero-order valence-electron chi connectivity index (χ0n) is 13.8. The smallest absolute Gasteiger partial charge is 0.317 e. The van der Waals surface area contributed by atoms with E-state index in [1.54, 1.807) is 4.90 Å². The lowest BCUT2D eigenvalue weighted by atomic mass is 10.1. The summed E-state index contributed by atoms with van der Waals surface area (Å²) >= 11 is 0. The number of carbonyl (C=O) groups is 2. The second-order valence-corrected chi connectivity index (χ2v) is 6.25. The molecule has 0 aliphatic rings. The first-order chi connectivity index (χ1) is 9.22. The number of carbonyl (C=O) groups excluding carboxylic acids is 2. The number of nitrogens with zero attached hydrogens (tertiary/aromatic N) is 1. The van der Waals surface area contributed by atoms with Gasteiger partial charge in [-0.2, -0.15) is 0 Å². The van der Waals surface area contributed by atoms with Crippen LogP contribution in [0.25, 0.3) is 0 Å². The molecule has 0 aromatic rings. The molecule has 0 aromatic carbocycles. The van der Waals surface area contributed by atoms with Crippen molar-refractivity contribution < 1.29 is 9.59 Å². The average Bonchev–Trinajstić information content (AvgIpc) is 2.26. The Morgan fingerprint density at radius 3 is 1.90 bits per heavy atom. The van der Waals surface area contributed by atoms with Crippen LogP contribution < -0.4 is 10.6 Å². The molecule has 0 rings (SSSR count). The van der Waals surface area contributed by atoms with Crippen LogP contribution in [0.2, 0.25) is 0 Å². The van der Waals surface area contributed by atoms with Gasteiger partial charge < -0.3 is 15.5 Å². The Bertz CT molecular complexity index is 301. The molecule has 0 aliphatic carbocycles. The summed E-state index contributed by atoms with van der Waals surface area (Å²) in [6.45, 7) is 13.1. The minimum atomic E-state index is -0.0852. The van der Waals surface area contributed by atoms with Gasteiger partial charge in [-0.1, -0.05) is 13.8 Å². The van der Waals surface area contributed by atoms with Crippen molar-refractivity contribution in [3.8, 4) is 0 Å². The lowest BCUT2D eigenvalue weighted by Gasteiger charge is -2.25. The molecule has 0 aliphatic heterocycles. The van der Waals surface area contributed by atoms with Crippen molar-refractivity contribution in [2.75, 3.05) is 13.1 Å². The Hall–Kier alpha value is -1.26. The van der Waals surface area contributed by atoms with Crippen LogP contribution in [0.5, 0.6) is 0 Å². The Labute approximate surface area is 123 Å². The maximum Gasteiger partial charge on any atom is 0.317 e. The monoisotopic (exact) mass is 285 g/mol. The highest BCUT2D eigenvalue weighted by atomic mass is 16.2. The van der Waals surface area contributed by atoms with E-state index < -0.39 is 0 Å². The number of hydrogen-bond acceptors (Lipinski definition) is 2. The van der Waals surface area contributed by atoms with Crippen LogP contribution in [-0.4, -0.2) is 42.0 Å². The molecule has 5 heteroatoms. The average molecular weight is 285 g/mol. The highest BCUT2D eigenvalue weighted by Crippen LogP contribution is 2.04. The fraction of sp³-hybridized carbons (Fsp3) is 0.867. The van der Waals surface area contributed by atoms with Crippen molar-refractivity contribution in [2.45, 2.75) is 66.5 Å². The van der Waals surface area contributed by atoms with Crippen molar-refractivity contribution in [3.63, 3.8) is 0 Å². The number of rotatable bonds is 8. The number of hydrogen-bond donors (Lipinski definition) is 2. The molecule has 2 N–H and O–H groups in total. The van der Waals surface area contributed by atoms with E-state index in [0.29, 0.717) is 25.4 Å². The van der Waals surface area contributed by atoms with Gasteiger partial charge in [0, 0.05) is 31.6 Å². The summed E-state index contributed by atoms with van der Waals surface area (Å²) in [6, 6.07) is 0.155. The number of nitrogens with one attached hydrogen (secondary N) is 2. The highest BCUT2D eigenvalue weighted by molar-refractivity contribution is 5.78. The van der Waals surface area contributed by atoms with Gasteiger partial charge in [0.25, 0.3) is 0 Å². The van der Waals surface area contributed by atoms with Crippen molar-refractivity contribution in [1.82, 2.24) is 15.5 Å². The molecule has 0 unspecified atom stereocenters. The topological polar surface area (TPSA) is 61.4 Å². The Kier molecular flexibility index (Phi) is 9.01. The summed E-state index contributed by atoms with van der Waals surface area (Å²) in [5, 5.41) is 5.73. The molecule has 20 heavy (non-hydrogen) atoms. The van der Waals surface area contributed by atoms with Gasteiger partial charge in [-0.25, -0.2) is 4.79 Å². The van der Waals surface area contributed by atoms with E-state index in [9.17, 15) is 9.59 Å². The van der Waals surface area contributed by atoms with Crippen molar-refractivity contribution >= 4 is 11.9 Å². The zero-order chi connectivity index (χ0) is 15.7. The Morgan fingerprint density at radius 1 is 0.900 bits per heavy atom. The molecular weight excluding hydrogens is 254 g/mol. The minimum absolute atomic E-state index is 0.00751. The van der Waals surface area contributed by atoms with E-state index in [-0.39, 0.29) is 24.0 Å². The molecule has 0 atom stereocenters. The van der Waals surface area contributed by atoms with Crippen molar-refractivity contribution in [2.24, 2.45) is 5.92 Å². The summed E-state index contributed by atoms with van der Waals surface area (Å²) in [6.07, 6.45) is 1.29. The first kappa shape index (κ1) is 18.7. The molecule has 0 fully saturated rings. The van der Waals surface area contributed by atoms with Gasteiger partial charge in [0.2, 0.25) is 5.91 Å². The summed E-state index contributed by atoms with van der Waals surface area (Å²) in [5.41, 5.74) is 0. The second-order valence-electron chi connectivity index (χ2n) is 6.25. The standard InChI is InChI=1S/C15H31N3O2/c1-11(2)7-9-18(15(20)17-13(5)6)10-8-14(19)16-12(3)4/h11-13H,7-10H2,1-6H3,(H,16,19)(H,17,20). The molecular formula is C15H31N3O2. The first-order valence-corrected chi connectivity index (χ1v) is 7.57. The zero-order valence-corrected chi connectivity index (χ0v) is 13.8. The lowest BCUT2D eigenvalue weighted by molar-refractivity contribution is -0.121. The van der Waals surface area contributed by atoms with Crippen LogP contribution in [0.4, 0.5) is 4.79 Å². The molecule has 0 heterocycles. The van der Waals surface area contributed by atoms with Gasteiger partial charge in [-0.15, -0.1) is 0 Å². The third-order valence-corrected chi connectivity index (χ3v) is 2.73. The van der Waals surface area contributed by atoms with Gasteiger partial charge in [0.1, 0.15) is 0 Å². The van der Waals surface area contributed by atoms with E-state index in [1.165, 1.54) is 0 Å². The van der Waals surface area contributed by atoms with Crippen LogP contribution in [0, 0.1) is 5.92 Å². The van der Waals surface area contributed by atoms with Crippen LogP contribution in [0.3, 0.4) is 0 Å². The van der Waals surface area contributed by atoms with Gasteiger partial charge in [0.05, 0.1) is 0 Å². The molecule has 5 nitrogen and oxygen atoms in total. The SMILES string of the molecule is CC(C)CCN(CCC(=O)NC(C)C)C(=O)NC(C)C. The maximum absolute atomic E-state index is 12.1. The Morgan fingerprint density at radius 2 is 1.45 bits per heavy atom. The molecule has 3 amide bonds. The molecule has 0 saturated carbocycles. The van der Waals surface area contributed by atoms with E-state index in [1.807, 2.05) is 27.7 Å². The van der Waals surface area contributed by atoms with Crippen molar-refractivity contribution in [3.05, 3.63) is 0 Å². The largest absolute Gasteiger partial charge is 0.354 e. The van der Waals surface area contributed by atoms with Gasteiger partial charge in [0.15, 0.2) is 0 Å². The fourth-order valence-corrected chi connectivity index (χ4v) is 1.70. The van der Waals surface area contributed by atoms with Gasteiger partial charge >= 0.3 is 6.03 Å². The normalized spacial score (nSPS) is 11.1. The fourth-order valence-electron chi connectivity index (χ4n) is 1.70. The van der Waals surface area contributed by atoms with Crippen LogP contribution in [-0.2, 0) is 4.79 Å². The third-order valence-electron chi connectivity index (χ3n) is 2.73. The van der Waals surface area contributed by atoms with E-state index in [2.05, 4.69) is 24.5 Å². The highest BCUT2D eigenvalue weighted by Gasteiger charge is 2.16. The maximum atomic E-state index is 12.1. The predicted molar refractivity (Wildman–Crippen MR) is 82.6 cm³/mol. The summed E-state index contributed by atoms with van der Waals surface area (Å²) < 4.78 is 0. The quantitative estimate of drug-likeness (QED) is 0.719. The van der Waals surface area contributed by atoms with Gasteiger partial charge in [-0.05, 0) is 40.0 Å². The molecule has 0 saturated heterocycles. The van der Waals surface area contributed by atoms with Crippen molar-refractivity contribution in [1.29, 1.82) is 0 Å². The lowest BCUT2D eigenvalue weighted by Crippen LogP contribution is -2.45.